The molecule has 2 aliphatic rings. The maximum Gasteiger partial charge on any atom is 0.317 e. The smallest absolute Gasteiger partial charge is 0.317 e. The first-order chi connectivity index (χ1) is 13.8. The summed E-state index contributed by atoms with van der Waals surface area (Å²) in [5, 5.41) is 4.49. The molecule has 1 aliphatic heterocycles. The minimum Gasteiger partial charge on any atom is -0.358 e. The third kappa shape index (κ3) is 4.08. The van der Waals surface area contributed by atoms with Crippen molar-refractivity contribution in [2.75, 3.05) is 13.1 Å². The number of isocyanates is 1. The number of H-pyrrole nitrogens is 1. The minimum atomic E-state index is -0.0942. The van der Waals surface area contributed by atoms with E-state index in [1.54, 1.807) is 6.08 Å². The van der Waals surface area contributed by atoms with Crippen LogP contribution in [0.2, 0.25) is 0 Å². The zero-order chi connectivity index (χ0) is 20.6. The van der Waals surface area contributed by atoms with Crippen molar-refractivity contribution in [3.05, 3.63) is 35.5 Å². The summed E-state index contributed by atoms with van der Waals surface area (Å²) in [7, 11) is 0. The number of aliphatic imine (C=N–C) groups is 1. The van der Waals surface area contributed by atoms with Gasteiger partial charge in [-0.05, 0) is 36.2 Å². The van der Waals surface area contributed by atoms with Crippen molar-refractivity contribution < 1.29 is 9.59 Å². The molecular formula is C23H30N4O2. The second-order valence-electron chi connectivity index (χ2n) is 9.91. The highest BCUT2D eigenvalue weighted by Crippen LogP contribution is 2.46. The Balaban J connectivity index is 1.47. The van der Waals surface area contributed by atoms with Gasteiger partial charge < -0.3 is 15.2 Å². The van der Waals surface area contributed by atoms with Gasteiger partial charge in [0.2, 0.25) is 6.08 Å². The normalized spacial score (nSPS) is 25.9. The minimum absolute atomic E-state index is 0.00451. The van der Waals surface area contributed by atoms with Gasteiger partial charge in [0.1, 0.15) is 0 Å². The number of aromatic amines is 1. The Labute approximate surface area is 171 Å². The molecule has 154 valence electrons. The molecule has 2 amide bonds. The lowest BCUT2D eigenvalue weighted by atomic mass is 9.62. The molecule has 1 aromatic heterocycles. The van der Waals surface area contributed by atoms with Crippen molar-refractivity contribution in [1.82, 2.24) is 15.2 Å². The molecule has 2 aromatic rings. The number of fused-ring (bicyclic) bond motifs is 3. The number of hydrogen-bond acceptors (Lipinski definition) is 3. The number of amides is 2. The van der Waals surface area contributed by atoms with E-state index in [0.29, 0.717) is 19.6 Å². The number of carbonyl (C=O) groups is 1. The summed E-state index contributed by atoms with van der Waals surface area (Å²) < 4.78 is 0. The predicted octanol–water partition coefficient (Wildman–Crippen LogP) is 4.16. The Morgan fingerprint density at radius 1 is 1.31 bits per heavy atom. The fourth-order valence-corrected chi connectivity index (χ4v) is 5.69. The van der Waals surface area contributed by atoms with Crippen LogP contribution in [-0.4, -0.2) is 41.1 Å². The summed E-state index contributed by atoms with van der Waals surface area (Å²) in [6.45, 7) is 8.44. The highest BCUT2D eigenvalue weighted by Gasteiger charge is 2.42. The number of benzene rings is 1. The van der Waals surface area contributed by atoms with Crippen LogP contribution in [0, 0.1) is 10.8 Å². The number of aromatic nitrogens is 1. The van der Waals surface area contributed by atoms with Gasteiger partial charge in [-0.15, -0.1) is 0 Å². The number of carbonyl (C=O) groups excluding carboxylic acids is 2. The van der Waals surface area contributed by atoms with E-state index in [-0.39, 0.29) is 22.9 Å². The maximum absolute atomic E-state index is 13.1. The van der Waals surface area contributed by atoms with E-state index in [2.05, 4.69) is 48.2 Å². The molecule has 1 aliphatic carbocycles. The van der Waals surface area contributed by atoms with Gasteiger partial charge in [0.05, 0.1) is 6.54 Å². The zero-order valence-corrected chi connectivity index (χ0v) is 17.5. The highest BCUT2D eigenvalue weighted by molar-refractivity contribution is 5.85. The molecule has 1 saturated carbocycles. The molecule has 1 aromatic carbocycles. The molecule has 6 heteroatoms. The molecule has 2 heterocycles. The molecule has 6 nitrogen and oxygen atoms in total. The van der Waals surface area contributed by atoms with Gasteiger partial charge in [0.15, 0.2) is 0 Å². The van der Waals surface area contributed by atoms with Crippen molar-refractivity contribution in [3.63, 3.8) is 0 Å². The number of nitrogens with one attached hydrogen (secondary N) is 2. The third-order valence-electron chi connectivity index (χ3n) is 6.47. The predicted molar refractivity (Wildman–Crippen MR) is 113 cm³/mol. The molecule has 2 atom stereocenters. The molecule has 0 radical (unpaired) electrons. The molecule has 0 saturated heterocycles. The lowest BCUT2D eigenvalue weighted by Gasteiger charge is -2.46. The topological polar surface area (TPSA) is 77.6 Å². The molecule has 0 bridgehead atoms. The summed E-state index contributed by atoms with van der Waals surface area (Å²) in [6, 6.07) is 8.37. The van der Waals surface area contributed by atoms with Crippen molar-refractivity contribution in [2.24, 2.45) is 15.8 Å². The van der Waals surface area contributed by atoms with Gasteiger partial charge in [-0.2, -0.15) is 0 Å². The van der Waals surface area contributed by atoms with E-state index in [1.807, 2.05) is 17.0 Å². The van der Waals surface area contributed by atoms with Crippen LogP contribution in [0.4, 0.5) is 4.79 Å². The van der Waals surface area contributed by atoms with E-state index in [9.17, 15) is 9.59 Å². The molecule has 29 heavy (non-hydrogen) atoms. The van der Waals surface area contributed by atoms with Gasteiger partial charge in [0.25, 0.3) is 0 Å². The van der Waals surface area contributed by atoms with Crippen LogP contribution in [0.1, 0.15) is 51.3 Å². The van der Waals surface area contributed by atoms with Crippen molar-refractivity contribution in [3.8, 4) is 0 Å². The number of hydrogen-bond donors (Lipinski definition) is 2. The lowest BCUT2D eigenvalue weighted by Crippen LogP contribution is -2.52. The van der Waals surface area contributed by atoms with Gasteiger partial charge >= 0.3 is 6.03 Å². The second kappa shape index (κ2) is 7.34. The molecule has 1 fully saturated rings. The van der Waals surface area contributed by atoms with Gasteiger partial charge in [-0.3, -0.25) is 0 Å². The summed E-state index contributed by atoms with van der Waals surface area (Å²) in [6.07, 6.45) is 5.27. The molecule has 0 spiro atoms. The van der Waals surface area contributed by atoms with Crippen molar-refractivity contribution in [1.29, 1.82) is 0 Å². The largest absolute Gasteiger partial charge is 0.358 e. The second-order valence-corrected chi connectivity index (χ2v) is 9.91. The molecule has 4 rings (SSSR count). The summed E-state index contributed by atoms with van der Waals surface area (Å²) in [5.41, 5.74) is 3.61. The summed E-state index contributed by atoms with van der Waals surface area (Å²) in [5.74, 6) is 0. The molecule has 2 N–H and O–H groups in total. The average molecular weight is 395 g/mol. The van der Waals surface area contributed by atoms with Crippen molar-refractivity contribution >= 4 is 23.0 Å². The average Bonchev–Trinajstić information content (AvgIpc) is 3.02. The Morgan fingerprint density at radius 3 is 2.90 bits per heavy atom. The summed E-state index contributed by atoms with van der Waals surface area (Å²) in [4.78, 5) is 33.0. The first-order valence-electron chi connectivity index (χ1n) is 10.5. The van der Waals surface area contributed by atoms with Gasteiger partial charge in [-0.1, -0.05) is 39.0 Å². The van der Waals surface area contributed by atoms with Gasteiger partial charge in [0, 0.05) is 47.7 Å². The fraction of sp³-hybridized carbons (Fsp3) is 0.565. The SMILES string of the molecule is CC1(C)CC(NC(=O)N2CCc3[nH]c4ccccc4c3C2)CC(C)(CN=C=O)C1. The van der Waals surface area contributed by atoms with E-state index >= 15 is 0 Å². The first kappa shape index (κ1) is 19.7. The van der Waals surface area contributed by atoms with Crippen LogP contribution in [0.25, 0.3) is 10.9 Å². The van der Waals surface area contributed by atoms with E-state index < -0.39 is 0 Å². The monoisotopic (exact) mass is 394 g/mol. The number of para-hydroxylation sites is 1. The Kier molecular flexibility index (Phi) is 4.99. The van der Waals surface area contributed by atoms with E-state index in [1.165, 1.54) is 16.6 Å². The number of nitrogens with zero attached hydrogens (tertiary/aromatic N) is 2. The third-order valence-corrected chi connectivity index (χ3v) is 6.47. The summed E-state index contributed by atoms with van der Waals surface area (Å²) >= 11 is 0. The van der Waals surface area contributed by atoms with Crippen molar-refractivity contribution in [2.45, 2.75) is 59.0 Å². The lowest BCUT2D eigenvalue weighted by molar-refractivity contribution is 0.0774. The molecular weight excluding hydrogens is 364 g/mol. The zero-order valence-electron chi connectivity index (χ0n) is 17.5. The van der Waals surface area contributed by atoms with Crippen LogP contribution >= 0.6 is 0 Å². The van der Waals surface area contributed by atoms with Crippen LogP contribution in [0.15, 0.2) is 29.3 Å². The Bertz CT molecular complexity index is 972. The maximum atomic E-state index is 13.1. The van der Waals surface area contributed by atoms with Gasteiger partial charge in [-0.25, -0.2) is 14.6 Å². The Morgan fingerprint density at radius 2 is 2.10 bits per heavy atom. The van der Waals surface area contributed by atoms with Crippen LogP contribution < -0.4 is 5.32 Å². The van der Waals surface area contributed by atoms with E-state index in [4.69, 9.17) is 0 Å². The van der Waals surface area contributed by atoms with E-state index in [0.717, 1.165) is 31.2 Å². The number of rotatable bonds is 3. The fourth-order valence-electron chi connectivity index (χ4n) is 5.69. The quantitative estimate of drug-likeness (QED) is 0.606. The first-order valence-corrected chi connectivity index (χ1v) is 10.5. The molecule has 2 unspecified atom stereocenters. The van der Waals surface area contributed by atoms with Crippen LogP contribution in [0.3, 0.4) is 0 Å². The van der Waals surface area contributed by atoms with Crippen LogP contribution in [-0.2, 0) is 17.8 Å². The Hall–Kier alpha value is -2.59. The number of urea groups is 1. The van der Waals surface area contributed by atoms with Crippen LogP contribution in [0.5, 0.6) is 0 Å². The highest BCUT2D eigenvalue weighted by atomic mass is 16.2. The standard InChI is InChI=1S/C23H30N4O2/c1-22(2)10-16(11-23(3,13-22)14-24-15-28)25-21(29)27-9-8-20-18(12-27)17-6-4-5-7-19(17)26-20/h4-7,16,26H,8-14H2,1-3H3,(H,25,29).